The van der Waals surface area contributed by atoms with Crippen molar-refractivity contribution in [2.75, 3.05) is 0 Å². The molecule has 0 spiro atoms. The summed E-state index contributed by atoms with van der Waals surface area (Å²) in [7, 11) is 0. The van der Waals surface area contributed by atoms with Crippen molar-refractivity contribution in [3.63, 3.8) is 0 Å². The first-order valence-corrected chi connectivity index (χ1v) is 10.8. The minimum Gasteiger partial charge on any atom is -0.115 e. The summed E-state index contributed by atoms with van der Waals surface area (Å²) in [6.45, 7) is 0. The Morgan fingerprint density at radius 3 is 1.22 bits per heavy atom. The molecule has 0 N–H and O–H groups in total. The van der Waals surface area contributed by atoms with E-state index in [1.165, 1.54) is 11.1 Å². The normalized spacial score (nSPS) is 10.5. The average Bonchev–Trinajstić information content (AvgIpc) is 2.89. The summed E-state index contributed by atoms with van der Waals surface area (Å²) in [6, 6.07) is 44.2. The smallest absolute Gasteiger partial charge is 0.0406 e. The SMILES string of the molecule is C#Cc1c(-c2ccccc2)cc(-c2ccccc2)c(-c2ccccc2)c1-c1ccccc1. The molecule has 5 aromatic carbocycles. The molecular weight excluding hydrogens is 384 g/mol. The first kappa shape index (κ1) is 19.6. The minimum absolute atomic E-state index is 0.918. The van der Waals surface area contributed by atoms with Gasteiger partial charge in [-0.2, -0.15) is 0 Å². The lowest BCUT2D eigenvalue weighted by atomic mass is 9.81. The zero-order valence-corrected chi connectivity index (χ0v) is 17.7. The van der Waals surface area contributed by atoms with Gasteiger partial charge in [-0.3, -0.25) is 0 Å². The fourth-order valence-corrected chi connectivity index (χ4v) is 4.32. The zero-order valence-electron chi connectivity index (χ0n) is 17.7. The highest BCUT2D eigenvalue weighted by Crippen LogP contribution is 2.45. The molecule has 0 radical (unpaired) electrons. The Morgan fingerprint density at radius 1 is 0.406 bits per heavy atom. The lowest BCUT2D eigenvalue weighted by molar-refractivity contribution is 1.52. The predicted octanol–water partition coefficient (Wildman–Crippen LogP) is 8.34. The van der Waals surface area contributed by atoms with Gasteiger partial charge in [0.05, 0.1) is 0 Å². The molecule has 0 aromatic heterocycles. The molecule has 0 nitrogen and oxygen atoms in total. The van der Waals surface area contributed by atoms with Crippen molar-refractivity contribution in [3.05, 3.63) is 133 Å². The van der Waals surface area contributed by atoms with Gasteiger partial charge in [-0.05, 0) is 45.0 Å². The summed E-state index contributed by atoms with van der Waals surface area (Å²) >= 11 is 0. The Hall–Kier alpha value is -4.34. The Bertz CT molecular complexity index is 1380. The van der Waals surface area contributed by atoms with Crippen LogP contribution < -0.4 is 0 Å². The molecule has 32 heavy (non-hydrogen) atoms. The highest BCUT2D eigenvalue weighted by atomic mass is 14.2. The van der Waals surface area contributed by atoms with E-state index in [2.05, 4.69) is 115 Å². The molecule has 0 aliphatic rings. The third kappa shape index (κ3) is 3.62. The van der Waals surface area contributed by atoms with Crippen LogP contribution in [0.2, 0.25) is 0 Å². The van der Waals surface area contributed by atoms with Gasteiger partial charge in [0.2, 0.25) is 0 Å². The molecule has 5 aromatic rings. The van der Waals surface area contributed by atoms with E-state index in [4.69, 9.17) is 6.42 Å². The van der Waals surface area contributed by atoms with Gasteiger partial charge in [0.1, 0.15) is 0 Å². The maximum absolute atomic E-state index is 6.21. The first-order chi connectivity index (χ1) is 15.9. The van der Waals surface area contributed by atoms with Gasteiger partial charge in [-0.1, -0.05) is 127 Å². The van der Waals surface area contributed by atoms with Crippen LogP contribution in [0.3, 0.4) is 0 Å². The number of terminal acetylenes is 1. The average molecular weight is 407 g/mol. The maximum atomic E-state index is 6.21. The Labute approximate surface area is 189 Å². The van der Waals surface area contributed by atoms with Crippen LogP contribution in [0.5, 0.6) is 0 Å². The molecule has 0 heterocycles. The molecular formula is C32H22. The fraction of sp³-hybridized carbons (Fsp3) is 0. The molecule has 0 bridgehead atoms. The fourth-order valence-electron chi connectivity index (χ4n) is 4.32. The van der Waals surface area contributed by atoms with Gasteiger partial charge in [0, 0.05) is 11.1 Å². The van der Waals surface area contributed by atoms with Gasteiger partial charge < -0.3 is 0 Å². The monoisotopic (exact) mass is 406 g/mol. The second-order valence-corrected chi connectivity index (χ2v) is 7.71. The molecule has 5 rings (SSSR count). The summed E-state index contributed by atoms with van der Waals surface area (Å²) in [6.07, 6.45) is 6.21. The lowest BCUT2D eigenvalue weighted by Crippen LogP contribution is -1.98. The van der Waals surface area contributed by atoms with E-state index in [-0.39, 0.29) is 0 Å². The van der Waals surface area contributed by atoms with E-state index in [1.54, 1.807) is 0 Å². The van der Waals surface area contributed by atoms with E-state index in [9.17, 15) is 0 Å². The molecule has 0 unspecified atom stereocenters. The van der Waals surface area contributed by atoms with Crippen molar-refractivity contribution in [1.82, 2.24) is 0 Å². The molecule has 150 valence electrons. The van der Waals surface area contributed by atoms with Crippen LogP contribution in [0.4, 0.5) is 0 Å². The van der Waals surface area contributed by atoms with Gasteiger partial charge in [0.25, 0.3) is 0 Å². The quantitative estimate of drug-likeness (QED) is 0.263. The Kier molecular flexibility index (Phi) is 5.39. The number of hydrogen-bond donors (Lipinski definition) is 0. The van der Waals surface area contributed by atoms with Crippen molar-refractivity contribution in [2.45, 2.75) is 0 Å². The van der Waals surface area contributed by atoms with Gasteiger partial charge in [-0.25, -0.2) is 0 Å². The van der Waals surface area contributed by atoms with Crippen LogP contribution >= 0.6 is 0 Å². The number of rotatable bonds is 4. The molecule has 0 amide bonds. The van der Waals surface area contributed by atoms with Crippen molar-refractivity contribution >= 4 is 0 Å². The Balaban J connectivity index is 1.97. The van der Waals surface area contributed by atoms with Crippen LogP contribution in [0.25, 0.3) is 44.5 Å². The van der Waals surface area contributed by atoms with Crippen molar-refractivity contribution in [3.8, 4) is 56.9 Å². The highest BCUT2D eigenvalue weighted by Gasteiger charge is 2.21. The Morgan fingerprint density at radius 2 is 0.781 bits per heavy atom. The third-order valence-electron chi connectivity index (χ3n) is 5.77. The lowest BCUT2D eigenvalue weighted by Gasteiger charge is -2.21. The first-order valence-electron chi connectivity index (χ1n) is 10.8. The second-order valence-electron chi connectivity index (χ2n) is 7.71. The van der Waals surface area contributed by atoms with Gasteiger partial charge >= 0.3 is 0 Å². The molecule has 0 heteroatoms. The summed E-state index contributed by atoms with van der Waals surface area (Å²) in [5.74, 6) is 3.05. The molecule has 0 fully saturated rings. The van der Waals surface area contributed by atoms with Crippen LogP contribution in [-0.2, 0) is 0 Å². The summed E-state index contributed by atoms with van der Waals surface area (Å²) in [4.78, 5) is 0. The second kappa shape index (κ2) is 8.80. The minimum atomic E-state index is 0.918. The van der Waals surface area contributed by atoms with Crippen molar-refractivity contribution < 1.29 is 0 Å². The topological polar surface area (TPSA) is 0 Å². The van der Waals surface area contributed by atoms with Gasteiger partial charge in [0.15, 0.2) is 0 Å². The van der Waals surface area contributed by atoms with E-state index in [0.717, 1.165) is 38.9 Å². The van der Waals surface area contributed by atoms with E-state index >= 15 is 0 Å². The highest BCUT2D eigenvalue weighted by molar-refractivity contribution is 6.01. The molecule has 0 atom stereocenters. The van der Waals surface area contributed by atoms with Crippen LogP contribution in [0.1, 0.15) is 5.56 Å². The molecule has 0 aliphatic heterocycles. The number of hydrogen-bond acceptors (Lipinski definition) is 0. The van der Waals surface area contributed by atoms with Crippen LogP contribution in [0.15, 0.2) is 127 Å². The molecule has 0 aliphatic carbocycles. The van der Waals surface area contributed by atoms with E-state index in [1.807, 2.05) is 18.2 Å². The predicted molar refractivity (Wildman–Crippen MR) is 136 cm³/mol. The van der Waals surface area contributed by atoms with Crippen molar-refractivity contribution in [2.24, 2.45) is 0 Å². The van der Waals surface area contributed by atoms with E-state index in [0.29, 0.717) is 0 Å². The standard InChI is InChI=1S/C32H22/c1-2-28-29(24-15-7-3-8-16-24)23-30(25-17-9-4-10-18-25)32(27-21-13-6-14-22-27)31(28)26-19-11-5-12-20-26/h1,3-23H. The maximum Gasteiger partial charge on any atom is 0.0406 e. The zero-order chi connectivity index (χ0) is 21.8. The van der Waals surface area contributed by atoms with E-state index < -0.39 is 0 Å². The van der Waals surface area contributed by atoms with Crippen molar-refractivity contribution in [1.29, 1.82) is 0 Å². The molecule has 0 saturated heterocycles. The summed E-state index contributed by atoms with van der Waals surface area (Å²) in [5.41, 5.74) is 9.99. The molecule has 0 saturated carbocycles. The van der Waals surface area contributed by atoms with Crippen LogP contribution in [-0.4, -0.2) is 0 Å². The third-order valence-corrected chi connectivity index (χ3v) is 5.77. The van der Waals surface area contributed by atoms with Crippen LogP contribution in [0, 0.1) is 12.3 Å². The number of benzene rings is 5. The van der Waals surface area contributed by atoms with Gasteiger partial charge in [-0.15, -0.1) is 6.42 Å². The summed E-state index contributed by atoms with van der Waals surface area (Å²) in [5, 5.41) is 0. The largest absolute Gasteiger partial charge is 0.115 e. The summed E-state index contributed by atoms with van der Waals surface area (Å²) < 4.78 is 0.